The number of aliphatic hydroxyl groups excluding tert-OH is 1. The van der Waals surface area contributed by atoms with Crippen LogP contribution in [-0.4, -0.2) is 42.0 Å². The number of ketones is 1. The van der Waals surface area contributed by atoms with Crippen LogP contribution in [0.3, 0.4) is 0 Å². The molecule has 0 amide bonds. The van der Waals surface area contributed by atoms with Gasteiger partial charge in [-0.25, -0.2) is 0 Å². The predicted octanol–water partition coefficient (Wildman–Crippen LogP) is 3.40. The minimum absolute atomic E-state index is 0.113. The second-order valence-electron chi connectivity index (χ2n) is 6.87. The number of carbonyl (C=O) groups excluding carboxylic acids is 1. The molecule has 1 aliphatic rings. The largest absolute Gasteiger partial charge is 0.395 e. The highest BCUT2D eigenvalue weighted by atomic mass is 16.3. The van der Waals surface area contributed by atoms with Gasteiger partial charge in [0.2, 0.25) is 0 Å². The lowest BCUT2D eigenvalue weighted by molar-refractivity contribution is 0.0808. The van der Waals surface area contributed by atoms with E-state index >= 15 is 0 Å². The molecule has 3 nitrogen and oxygen atoms in total. The molecule has 2 aromatic rings. The van der Waals surface area contributed by atoms with Crippen molar-refractivity contribution in [1.29, 1.82) is 0 Å². The van der Waals surface area contributed by atoms with Crippen LogP contribution in [0.1, 0.15) is 33.0 Å². The van der Waals surface area contributed by atoms with E-state index in [0.29, 0.717) is 13.1 Å². The van der Waals surface area contributed by atoms with Gasteiger partial charge >= 0.3 is 0 Å². The number of aliphatic hydroxyl groups is 1. The van der Waals surface area contributed by atoms with E-state index in [-0.39, 0.29) is 24.2 Å². The summed E-state index contributed by atoms with van der Waals surface area (Å²) in [6, 6.07) is 15.9. The van der Waals surface area contributed by atoms with Crippen molar-refractivity contribution < 1.29 is 9.90 Å². The lowest BCUT2D eigenvalue weighted by atomic mass is 9.75. The Hall–Kier alpha value is -1.97. The third-order valence-electron chi connectivity index (χ3n) is 5.32. The monoisotopic (exact) mass is 336 g/mol. The number of benzene rings is 2. The van der Waals surface area contributed by atoms with Crippen LogP contribution in [0.4, 0.5) is 0 Å². The first-order chi connectivity index (χ1) is 12.1. The molecule has 1 saturated heterocycles. The van der Waals surface area contributed by atoms with E-state index in [9.17, 15) is 9.90 Å². The van der Waals surface area contributed by atoms with E-state index in [1.54, 1.807) is 0 Å². The fourth-order valence-corrected chi connectivity index (χ4v) is 3.76. The second-order valence-corrected chi connectivity index (χ2v) is 6.87. The molecular formula is C22H26NO2. The van der Waals surface area contributed by atoms with Crippen LogP contribution in [0.15, 0.2) is 48.5 Å². The Labute approximate surface area is 150 Å². The van der Waals surface area contributed by atoms with Gasteiger partial charge in [-0.1, -0.05) is 48.5 Å². The minimum atomic E-state index is -0.122. The highest BCUT2D eigenvalue weighted by molar-refractivity contribution is 5.98. The molecule has 1 fully saturated rings. The lowest BCUT2D eigenvalue weighted by Gasteiger charge is -2.38. The van der Waals surface area contributed by atoms with E-state index in [0.717, 1.165) is 12.1 Å². The van der Waals surface area contributed by atoms with Gasteiger partial charge in [0.15, 0.2) is 5.78 Å². The molecule has 1 radical (unpaired) electrons. The fraction of sp³-hybridized carbons (Fsp3) is 0.364. The molecule has 0 aliphatic carbocycles. The molecule has 3 rings (SSSR count). The number of hydrogen-bond acceptors (Lipinski definition) is 3. The maximum absolute atomic E-state index is 13.2. The van der Waals surface area contributed by atoms with Crippen molar-refractivity contribution in [2.45, 2.75) is 19.8 Å². The van der Waals surface area contributed by atoms with Crippen molar-refractivity contribution in [2.75, 3.05) is 26.2 Å². The zero-order valence-electron chi connectivity index (χ0n) is 15.0. The van der Waals surface area contributed by atoms with Gasteiger partial charge in [-0.2, -0.15) is 0 Å². The molecule has 3 heteroatoms. The maximum Gasteiger partial charge on any atom is 0.167 e. The van der Waals surface area contributed by atoms with E-state index in [4.69, 9.17) is 0 Å². The maximum atomic E-state index is 13.2. The molecule has 0 unspecified atom stereocenters. The number of β-amino-alcohol motifs (C(OH)–C–C–N with tert-alkyl or cyclic N) is 1. The van der Waals surface area contributed by atoms with E-state index < -0.39 is 0 Å². The van der Waals surface area contributed by atoms with Crippen LogP contribution >= 0.6 is 0 Å². The topological polar surface area (TPSA) is 40.5 Å². The Balaban J connectivity index is 1.95. The second kappa shape index (κ2) is 7.94. The Kier molecular flexibility index (Phi) is 5.67. The highest BCUT2D eigenvalue weighted by Crippen LogP contribution is 2.36. The average Bonchev–Trinajstić information content (AvgIpc) is 2.64. The average molecular weight is 336 g/mol. The molecule has 25 heavy (non-hydrogen) atoms. The smallest absolute Gasteiger partial charge is 0.167 e. The molecule has 2 atom stereocenters. The first-order valence-corrected chi connectivity index (χ1v) is 8.93. The molecular weight excluding hydrogens is 310 g/mol. The van der Waals surface area contributed by atoms with Crippen molar-refractivity contribution in [3.8, 4) is 0 Å². The number of carbonyl (C=O) groups is 1. The molecule has 0 aromatic heterocycles. The molecule has 0 saturated carbocycles. The van der Waals surface area contributed by atoms with Gasteiger partial charge in [0.05, 0.1) is 6.61 Å². The van der Waals surface area contributed by atoms with Gasteiger partial charge in [-0.15, -0.1) is 0 Å². The van der Waals surface area contributed by atoms with Gasteiger partial charge in [0.1, 0.15) is 0 Å². The van der Waals surface area contributed by atoms with Gasteiger partial charge in [0.25, 0.3) is 0 Å². The molecule has 2 aromatic carbocycles. The Morgan fingerprint density at radius 3 is 2.60 bits per heavy atom. The fourth-order valence-electron chi connectivity index (χ4n) is 3.76. The number of likely N-dealkylation sites (tertiary alicyclic amines) is 1. The van der Waals surface area contributed by atoms with Gasteiger partial charge in [0, 0.05) is 31.1 Å². The summed E-state index contributed by atoms with van der Waals surface area (Å²) in [5.41, 5.74) is 4.54. The van der Waals surface area contributed by atoms with E-state index in [2.05, 4.69) is 43.4 Å². The Morgan fingerprint density at radius 2 is 1.88 bits per heavy atom. The number of piperidine rings is 1. The molecule has 1 N–H and O–H groups in total. The predicted molar refractivity (Wildman–Crippen MR) is 101 cm³/mol. The molecule has 131 valence electrons. The zero-order chi connectivity index (χ0) is 17.8. The quantitative estimate of drug-likeness (QED) is 0.851. The lowest BCUT2D eigenvalue weighted by Crippen LogP contribution is -2.44. The van der Waals surface area contributed by atoms with Crippen LogP contribution in [0.5, 0.6) is 0 Å². The van der Waals surface area contributed by atoms with Gasteiger partial charge in [-0.05, 0) is 42.9 Å². The van der Waals surface area contributed by atoms with Crippen LogP contribution in [-0.2, 0) is 0 Å². The van der Waals surface area contributed by atoms with Crippen molar-refractivity contribution in [2.24, 2.45) is 5.92 Å². The zero-order valence-corrected chi connectivity index (χ0v) is 15.0. The summed E-state index contributed by atoms with van der Waals surface area (Å²) in [7, 11) is 0. The molecule has 0 bridgehead atoms. The summed E-state index contributed by atoms with van der Waals surface area (Å²) in [4.78, 5) is 15.4. The first-order valence-electron chi connectivity index (χ1n) is 8.93. The molecule has 0 spiro atoms. The van der Waals surface area contributed by atoms with E-state index in [1.807, 2.05) is 30.3 Å². The summed E-state index contributed by atoms with van der Waals surface area (Å²) >= 11 is 0. The van der Waals surface area contributed by atoms with Crippen molar-refractivity contribution >= 4 is 5.78 Å². The summed E-state index contributed by atoms with van der Waals surface area (Å²) in [6.07, 6.45) is 2.24. The standard InChI is InChI=1S/C22H26NO2/c1-16-7-6-10-19(17(16)2)20-11-12-23(13-14-24)15-21(20)22(25)18-8-4-3-5-9-18/h3-11,20-21,24H,12-15H2,1-2H3/t20-,21+/m1/s1. The number of rotatable bonds is 5. The van der Waals surface area contributed by atoms with Crippen molar-refractivity contribution in [3.63, 3.8) is 0 Å². The summed E-state index contributed by atoms with van der Waals surface area (Å²) in [5.74, 6) is 0.177. The number of hydrogen-bond donors (Lipinski definition) is 1. The third kappa shape index (κ3) is 3.83. The summed E-state index contributed by atoms with van der Waals surface area (Å²) in [6.45, 7) is 6.47. The number of aryl methyl sites for hydroxylation is 1. The van der Waals surface area contributed by atoms with Crippen molar-refractivity contribution in [3.05, 3.63) is 77.2 Å². The third-order valence-corrected chi connectivity index (χ3v) is 5.32. The number of nitrogens with zero attached hydrogens (tertiary/aromatic N) is 1. The number of Topliss-reactive ketones (excluding diaryl/α,β-unsaturated/α-hetero) is 1. The normalized spacial score (nSPS) is 21.2. The summed E-state index contributed by atoms with van der Waals surface area (Å²) < 4.78 is 0. The van der Waals surface area contributed by atoms with Crippen LogP contribution in [0, 0.1) is 26.2 Å². The van der Waals surface area contributed by atoms with Gasteiger partial charge in [-0.3, -0.25) is 9.69 Å². The van der Waals surface area contributed by atoms with Crippen LogP contribution in [0.2, 0.25) is 0 Å². The van der Waals surface area contributed by atoms with Gasteiger partial charge < -0.3 is 5.11 Å². The van der Waals surface area contributed by atoms with Crippen LogP contribution in [0.25, 0.3) is 0 Å². The molecule has 1 aliphatic heterocycles. The SMILES string of the molecule is Cc1cccc([C@H]2[CH]CN(CCO)C[C@@H]2C(=O)c2ccccc2)c1C. The van der Waals surface area contributed by atoms with Crippen LogP contribution < -0.4 is 0 Å². The minimum Gasteiger partial charge on any atom is -0.395 e. The first kappa shape index (κ1) is 17.8. The van der Waals surface area contributed by atoms with Crippen molar-refractivity contribution in [1.82, 2.24) is 4.90 Å². The molecule has 1 heterocycles. The highest BCUT2D eigenvalue weighted by Gasteiger charge is 2.36. The Morgan fingerprint density at radius 1 is 1.12 bits per heavy atom. The summed E-state index contributed by atoms with van der Waals surface area (Å²) in [5, 5.41) is 9.28. The van der Waals surface area contributed by atoms with E-state index in [1.165, 1.54) is 16.7 Å². The Bertz CT molecular complexity index is 726.